The van der Waals surface area contributed by atoms with Gasteiger partial charge >= 0.3 is 5.97 Å². The summed E-state index contributed by atoms with van der Waals surface area (Å²) in [5.74, 6) is -1.44. The van der Waals surface area contributed by atoms with Crippen molar-refractivity contribution in [1.82, 2.24) is 4.90 Å². The van der Waals surface area contributed by atoms with E-state index in [1.54, 1.807) is 46.9 Å². The number of likely N-dealkylation sites (tertiary alicyclic amines) is 1. The van der Waals surface area contributed by atoms with Crippen molar-refractivity contribution in [3.8, 4) is 5.75 Å². The Hall–Kier alpha value is -2.78. The molecule has 3 saturated heterocycles. The van der Waals surface area contributed by atoms with E-state index >= 15 is 0 Å². The lowest BCUT2D eigenvalue weighted by Gasteiger charge is -2.41. The number of unbranched alkanes of at least 4 members (excludes halogenated alkanes) is 2. The Bertz CT molecular complexity index is 1130. The lowest BCUT2D eigenvalue weighted by atomic mass is 9.71. The van der Waals surface area contributed by atoms with Crippen LogP contribution in [-0.4, -0.2) is 76.7 Å². The fourth-order valence-electron chi connectivity index (χ4n) is 6.83. The van der Waals surface area contributed by atoms with Crippen molar-refractivity contribution in [2.24, 2.45) is 17.8 Å². The van der Waals surface area contributed by atoms with E-state index in [4.69, 9.17) is 9.47 Å². The van der Waals surface area contributed by atoms with Crippen LogP contribution in [0, 0.1) is 17.8 Å². The van der Waals surface area contributed by atoms with Gasteiger partial charge in [0.05, 0.1) is 42.9 Å². The summed E-state index contributed by atoms with van der Waals surface area (Å²) in [6, 6.07) is 5.86. The van der Waals surface area contributed by atoms with Gasteiger partial charge in [-0.2, -0.15) is 0 Å². The van der Waals surface area contributed by atoms with Gasteiger partial charge in [0.2, 0.25) is 5.91 Å². The first kappa shape index (κ1) is 31.2. The van der Waals surface area contributed by atoms with Crippen molar-refractivity contribution in [3.63, 3.8) is 0 Å². The molecule has 1 N–H and O–H groups in total. The molecule has 0 radical (unpaired) electrons. The van der Waals surface area contributed by atoms with E-state index in [1.165, 1.54) is 0 Å². The second-order valence-corrected chi connectivity index (χ2v) is 12.9. The third-order valence-electron chi connectivity index (χ3n) is 9.10. The van der Waals surface area contributed by atoms with Crippen LogP contribution in [0.4, 0.5) is 5.69 Å². The minimum atomic E-state index is -0.825. The lowest BCUT2D eigenvalue weighted by Crippen LogP contribution is -2.58. The first-order valence-corrected chi connectivity index (χ1v) is 15.6. The summed E-state index contributed by atoms with van der Waals surface area (Å²) in [6.07, 6.45) is 8.10. The molecule has 0 aromatic heterocycles. The zero-order valence-corrected chi connectivity index (χ0v) is 25.3. The molecule has 3 heterocycles. The van der Waals surface area contributed by atoms with Crippen molar-refractivity contribution in [1.29, 1.82) is 0 Å². The Balaban J connectivity index is 1.72. The van der Waals surface area contributed by atoms with Crippen LogP contribution in [0.1, 0.15) is 52.4 Å². The molecule has 1 aromatic rings. The standard InChI is InChI=1S/C32H44N2O6S/c1-6-9-10-11-19-40-31(38)26-25-16-17-32(41-25)27(26)29(36)34(24(20-35)21(4)8-3)28(32)30(37)33(18-7-2)22-12-14-23(39-5)15-13-22/h6-7,12-15,21,24-28,35H,1-2,8-11,16-20H2,3-5H3/t21-,24-,25+,26-,27-,28?,32?/m0/s1. The first-order chi connectivity index (χ1) is 19.8. The van der Waals surface area contributed by atoms with E-state index in [1.807, 2.05) is 32.1 Å². The molecule has 0 aliphatic carbocycles. The fourth-order valence-corrected chi connectivity index (χ4v) is 9.02. The molecule has 2 unspecified atom stereocenters. The molecule has 8 nitrogen and oxygen atoms in total. The van der Waals surface area contributed by atoms with Crippen LogP contribution in [0.2, 0.25) is 0 Å². The molecule has 1 aromatic carbocycles. The van der Waals surface area contributed by atoms with Gasteiger partial charge in [-0.05, 0) is 62.3 Å². The number of benzene rings is 1. The number of thioether (sulfide) groups is 1. The number of esters is 1. The van der Waals surface area contributed by atoms with Gasteiger partial charge < -0.3 is 24.4 Å². The second-order valence-electron chi connectivity index (χ2n) is 11.3. The average Bonchev–Trinajstić information content (AvgIpc) is 3.63. The summed E-state index contributed by atoms with van der Waals surface area (Å²) in [5, 5.41) is 10.5. The van der Waals surface area contributed by atoms with Gasteiger partial charge in [-0.25, -0.2) is 0 Å². The number of hydrogen-bond acceptors (Lipinski definition) is 7. The maximum Gasteiger partial charge on any atom is 0.310 e. The minimum Gasteiger partial charge on any atom is -0.497 e. The number of rotatable bonds is 15. The highest BCUT2D eigenvalue weighted by Gasteiger charge is 2.75. The number of allylic oxidation sites excluding steroid dienone is 1. The molecule has 0 saturated carbocycles. The van der Waals surface area contributed by atoms with Gasteiger partial charge in [-0.1, -0.05) is 32.4 Å². The molecule has 7 atom stereocenters. The van der Waals surface area contributed by atoms with Crippen molar-refractivity contribution in [3.05, 3.63) is 49.6 Å². The van der Waals surface area contributed by atoms with Gasteiger partial charge in [-0.3, -0.25) is 14.4 Å². The quantitative estimate of drug-likeness (QED) is 0.183. The third-order valence-corrected chi connectivity index (χ3v) is 11.0. The lowest BCUT2D eigenvalue weighted by molar-refractivity contribution is -0.155. The van der Waals surface area contributed by atoms with Crippen molar-refractivity contribution in [2.45, 2.75) is 74.5 Å². The summed E-state index contributed by atoms with van der Waals surface area (Å²) in [4.78, 5) is 45.9. The number of aliphatic hydroxyl groups is 1. The molecular weight excluding hydrogens is 540 g/mol. The van der Waals surface area contributed by atoms with Gasteiger partial charge in [0.15, 0.2) is 0 Å². The highest BCUT2D eigenvalue weighted by atomic mass is 32.2. The predicted octanol–water partition coefficient (Wildman–Crippen LogP) is 4.61. The average molecular weight is 585 g/mol. The highest BCUT2D eigenvalue weighted by molar-refractivity contribution is 8.02. The largest absolute Gasteiger partial charge is 0.497 e. The molecule has 4 rings (SSSR count). The fraction of sp³-hybridized carbons (Fsp3) is 0.594. The van der Waals surface area contributed by atoms with E-state index in [-0.39, 0.29) is 42.1 Å². The SMILES string of the molecule is C=CCCCCOC(=O)[C@@H]1[C@H]2C(=O)N([C@@H](CO)[C@@H](C)CC)C(C(=O)N(CC=C)c3ccc(OC)cc3)C23CC[C@H]1S3. The molecule has 2 bridgehead atoms. The Morgan fingerprint density at radius 1 is 1.24 bits per heavy atom. The number of hydrogen-bond donors (Lipinski definition) is 1. The zero-order chi connectivity index (χ0) is 29.7. The molecule has 2 amide bonds. The van der Waals surface area contributed by atoms with Crippen molar-refractivity contribution in [2.75, 3.05) is 31.8 Å². The van der Waals surface area contributed by atoms with E-state index in [0.29, 0.717) is 24.5 Å². The normalized spacial score (nSPS) is 27.7. The summed E-state index contributed by atoms with van der Waals surface area (Å²) in [6.45, 7) is 11.9. The minimum absolute atomic E-state index is 0.0409. The predicted molar refractivity (Wildman–Crippen MR) is 162 cm³/mol. The van der Waals surface area contributed by atoms with Crippen LogP contribution in [0.5, 0.6) is 5.75 Å². The molecular formula is C32H44N2O6S. The molecule has 3 aliphatic heterocycles. The molecule has 3 aliphatic rings. The van der Waals surface area contributed by atoms with Gasteiger partial charge in [-0.15, -0.1) is 24.9 Å². The number of carbonyl (C=O) groups excluding carboxylic acids is 3. The Morgan fingerprint density at radius 2 is 1.98 bits per heavy atom. The van der Waals surface area contributed by atoms with Crippen LogP contribution in [-0.2, 0) is 19.1 Å². The number of carbonyl (C=O) groups is 3. The molecule has 3 fully saturated rings. The zero-order valence-electron chi connectivity index (χ0n) is 24.5. The first-order valence-electron chi connectivity index (χ1n) is 14.7. The van der Waals surface area contributed by atoms with Gasteiger partial charge in [0, 0.05) is 17.5 Å². The Morgan fingerprint density at radius 3 is 2.59 bits per heavy atom. The third kappa shape index (κ3) is 5.67. The second kappa shape index (κ2) is 13.5. The number of ether oxygens (including phenoxy) is 2. The van der Waals surface area contributed by atoms with Crippen LogP contribution in [0.25, 0.3) is 0 Å². The molecule has 41 heavy (non-hydrogen) atoms. The number of aliphatic hydroxyl groups excluding tert-OH is 1. The summed E-state index contributed by atoms with van der Waals surface area (Å²) >= 11 is 1.61. The van der Waals surface area contributed by atoms with Gasteiger partial charge in [0.1, 0.15) is 11.8 Å². The number of nitrogens with zero attached hydrogens (tertiary/aromatic N) is 2. The highest BCUT2D eigenvalue weighted by Crippen LogP contribution is 2.67. The summed E-state index contributed by atoms with van der Waals surface area (Å²) in [5.41, 5.74) is 0.667. The van der Waals surface area contributed by atoms with Crippen LogP contribution < -0.4 is 9.64 Å². The Kier molecular flexibility index (Phi) is 10.2. The van der Waals surface area contributed by atoms with E-state index in [2.05, 4.69) is 13.2 Å². The summed E-state index contributed by atoms with van der Waals surface area (Å²) < 4.78 is 10.3. The molecule has 9 heteroatoms. The maximum absolute atomic E-state index is 14.7. The number of amides is 2. The number of fused-ring (bicyclic) bond motifs is 1. The summed E-state index contributed by atoms with van der Waals surface area (Å²) in [7, 11) is 1.59. The maximum atomic E-state index is 14.7. The van der Waals surface area contributed by atoms with E-state index < -0.39 is 28.7 Å². The van der Waals surface area contributed by atoms with E-state index in [9.17, 15) is 19.5 Å². The molecule has 1 spiro atoms. The van der Waals surface area contributed by atoms with Crippen LogP contribution in [0.15, 0.2) is 49.6 Å². The van der Waals surface area contributed by atoms with Crippen molar-refractivity contribution < 1.29 is 29.0 Å². The topological polar surface area (TPSA) is 96.4 Å². The monoisotopic (exact) mass is 584 g/mol. The van der Waals surface area contributed by atoms with Crippen molar-refractivity contribution >= 4 is 35.2 Å². The molecule has 224 valence electrons. The number of anilines is 1. The number of methoxy groups -OCH3 is 1. The Labute approximate surface area is 248 Å². The smallest absolute Gasteiger partial charge is 0.310 e. The van der Waals surface area contributed by atoms with Crippen LogP contribution in [0.3, 0.4) is 0 Å². The van der Waals surface area contributed by atoms with E-state index in [0.717, 1.165) is 32.1 Å². The van der Waals surface area contributed by atoms with Gasteiger partial charge in [0.25, 0.3) is 5.91 Å². The van der Waals surface area contributed by atoms with Crippen LogP contribution >= 0.6 is 11.8 Å².